The second kappa shape index (κ2) is 7.83. The number of likely N-dealkylation sites (N-methyl/N-ethyl adjacent to an activating group) is 1. The molecule has 2 aromatic rings. The number of hydrogen-bond acceptors (Lipinski definition) is 4. The predicted molar refractivity (Wildman–Crippen MR) is 98.5 cm³/mol. The molecule has 0 unspecified atom stereocenters. The molecule has 1 N–H and O–H groups in total. The van der Waals surface area contributed by atoms with Crippen LogP contribution < -0.4 is 4.74 Å². The maximum atomic E-state index is 13.9. The first kappa shape index (κ1) is 19.8. The molecule has 0 aliphatic carbocycles. The van der Waals surface area contributed by atoms with Crippen LogP contribution in [0.1, 0.15) is 51.5 Å². The Labute approximate surface area is 153 Å². The van der Waals surface area contributed by atoms with Gasteiger partial charge >= 0.3 is 0 Å². The number of nitrogens with one attached hydrogen (secondary N) is 1. The summed E-state index contributed by atoms with van der Waals surface area (Å²) < 4.78 is 18.8. The zero-order valence-electron chi connectivity index (χ0n) is 16.1. The monoisotopic (exact) mass is 360 g/mol. The standard InChI is InChI=1S/C20H25FN2O3/c1-11-18(14(4)24)12(2)22-19(11)20(25)13(3)23(5)10-15-7-8-17(26-6)16(21)9-15/h7-9,13,22H,10H2,1-6H3/t13-/m1/s1. The van der Waals surface area contributed by atoms with E-state index in [2.05, 4.69) is 4.98 Å². The van der Waals surface area contributed by atoms with Crippen LogP contribution in [0.15, 0.2) is 18.2 Å². The Morgan fingerprint density at radius 1 is 1.31 bits per heavy atom. The number of Topliss-reactive ketones (excluding diaryl/α,β-unsaturated/α-hetero) is 2. The molecule has 5 nitrogen and oxygen atoms in total. The van der Waals surface area contributed by atoms with Gasteiger partial charge in [-0.3, -0.25) is 14.5 Å². The van der Waals surface area contributed by atoms with Crippen molar-refractivity contribution in [2.75, 3.05) is 14.2 Å². The minimum absolute atomic E-state index is 0.0648. The van der Waals surface area contributed by atoms with Gasteiger partial charge in [-0.1, -0.05) is 6.07 Å². The summed E-state index contributed by atoms with van der Waals surface area (Å²) >= 11 is 0. The molecule has 0 saturated carbocycles. The van der Waals surface area contributed by atoms with Crippen molar-refractivity contribution in [2.24, 2.45) is 0 Å². The summed E-state index contributed by atoms with van der Waals surface area (Å²) in [7, 11) is 3.22. The highest BCUT2D eigenvalue weighted by Gasteiger charge is 2.26. The van der Waals surface area contributed by atoms with Gasteiger partial charge in [-0.15, -0.1) is 0 Å². The minimum Gasteiger partial charge on any atom is -0.494 e. The third kappa shape index (κ3) is 3.85. The van der Waals surface area contributed by atoms with Crippen LogP contribution in [0.4, 0.5) is 4.39 Å². The number of methoxy groups -OCH3 is 1. The van der Waals surface area contributed by atoms with Gasteiger partial charge in [-0.25, -0.2) is 4.39 Å². The van der Waals surface area contributed by atoms with Gasteiger partial charge in [0.05, 0.1) is 18.8 Å². The minimum atomic E-state index is -0.434. The number of H-pyrrole nitrogens is 1. The maximum absolute atomic E-state index is 13.9. The molecule has 0 aliphatic heterocycles. The molecular weight excluding hydrogens is 335 g/mol. The number of aryl methyl sites for hydroxylation is 1. The van der Waals surface area contributed by atoms with E-state index in [1.807, 2.05) is 11.9 Å². The van der Waals surface area contributed by atoms with Crippen LogP contribution in [0.25, 0.3) is 0 Å². The van der Waals surface area contributed by atoms with Crippen LogP contribution in [-0.2, 0) is 6.54 Å². The highest BCUT2D eigenvalue weighted by Crippen LogP contribution is 2.22. The smallest absolute Gasteiger partial charge is 0.196 e. The Kier molecular flexibility index (Phi) is 5.97. The number of benzene rings is 1. The molecule has 1 atom stereocenters. The summed E-state index contributed by atoms with van der Waals surface area (Å²) in [5, 5.41) is 0. The highest BCUT2D eigenvalue weighted by molar-refractivity contribution is 6.05. The Bertz CT molecular complexity index is 842. The van der Waals surface area contributed by atoms with E-state index in [0.29, 0.717) is 29.1 Å². The molecule has 0 bridgehead atoms. The molecule has 0 fully saturated rings. The van der Waals surface area contributed by atoms with Gasteiger partial charge in [-0.05, 0) is 58.0 Å². The fourth-order valence-corrected chi connectivity index (χ4v) is 3.17. The fraction of sp³-hybridized carbons (Fsp3) is 0.400. The van der Waals surface area contributed by atoms with Crippen molar-refractivity contribution < 1.29 is 18.7 Å². The third-order valence-electron chi connectivity index (χ3n) is 4.72. The number of nitrogens with zero attached hydrogens (tertiary/aromatic N) is 1. The van der Waals surface area contributed by atoms with Gasteiger partial charge in [0.15, 0.2) is 23.1 Å². The zero-order valence-corrected chi connectivity index (χ0v) is 16.1. The molecule has 6 heteroatoms. The van der Waals surface area contributed by atoms with Crippen molar-refractivity contribution in [1.29, 1.82) is 0 Å². The van der Waals surface area contributed by atoms with Crippen LogP contribution in [0, 0.1) is 19.7 Å². The third-order valence-corrected chi connectivity index (χ3v) is 4.72. The Morgan fingerprint density at radius 2 is 1.96 bits per heavy atom. The molecule has 26 heavy (non-hydrogen) atoms. The molecule has 0 aliphatic rings. The number of carbonyl (C=O) groups is 2. The molecule has 0 saturated heterocycles. The lowest BCUT2D eigenvalue weighted by molar-refractivity contribution is 0.0856. The second-order valence-electron chi connectivity index (χ2n) is 6.61. The van der Waals surface area contributed by atoms with E-state index >= 15 is 0 Å². The van der Waals surface area contributed by atoms with Gasteiger partial charge in [0, 0.05) is 17.8 Å². The van der Waals surface area contributed by atoms with E-state index in [0.717, 1.165) is 5.56 Å². The largest absolute Gasteiger partial charge is 0.494 e. The average molecular weight is 360 g/mol. The number of hydrogen-bond donors (Lipinski definition) is 1. The fourth-order valence-electron chi connectivity index (χ4n) is 3.17. The number of aromatic nitrogens is 1. The summed E-state index contributed by atoms with van der Waals surface area (Å²) in [5.41, 5.74) is 3.14. The van der Waals surface area contributed by atoms with Gasteiger partial charge < -0.3 is 9.72 Å². The van der Waals surface area contributed by atoms with Gasteiger partial charge in [-0.2, -0.15) is 0 Å². The topological polar surface area (TPSA) is 62.4 Å². The lowest BCUT2D eigenvalue weighted by atomic mass is 10.0. The number of ketones is 2. The molecule has 0 amide bonds. The molecule has 1 heterocycles. The van der Waals surface area contributed by atoms with E-state index in [-0.39, 0.29) is 17.3 Å². The number of halogens is 1. The van der Waals surface area contributed by atoms with E-state index in [4.69, 9.17) is 4.74 Å². The zero-order chi connectivity index (χ0) is 19.6. The van der Waals surface area contributed by atoms with Gasteiger partial charge in [0.1, 0.15) is 0 Å². The lowest BCUT2D eigenvalue weighted by Crippen LogP contribution is -2.36. The Hall–Kier alpha value is -2.47. The summed E-state index contributed by atoms with van der Waals surface area (Å²) in [6.07, 6.45) is 0. The SMILES string of the molecule is COc1ccc(CN(C)[C@H](C)C(=O)c2[nH]c(C)c(C(C)=O)c2C)cc1F. The molecule has 2 rings (SSSR count). The quantitative estimate of drug-likeness (QED) is 0.765. The van der Waals surface area contributed by atoms with Crippen molar-refractivity contribution in [1.82, 2.24) is 9.88 Å². The number of rotatable bonds is 7. The average Bonchev–Trinajstić information content (AvgIpc) is 2.88. The van der Waals surface area contributed by atoms with E-state index in [1.54, 1.807) is 32.9 Å². The van der Waals surface area contributed by atoms with Crippen LogP contribution in [-0.4, -0.2) is 41.6 Å². The van der Waals surface area contributed by atoms with Crippen LogP contribution in [0.2, 0.25) is 0 Å². The first-order valence-electron chi connectivity index (χ1n) is 8.44. The van der Waals surface area contributed by atoms with E-state index < -0.39 is 11.9 Å². The first-order valence-corrected chi connectivity index (χ1v) is 8.44. The van der Waals surface area contributed by atoms with Crippen molar-refractivity contribution >= 4 is 11.6 Å². The first-order chi connectivity index (χ1) is 12.2. The number of carbonyl (C=O) groups excluding carboxylic acids is 2. The highest BCUT2D eigenvalue weighted by atomic mass is 19.1. The van der Waals surface area contributed by atoms with E-state index in [1.165, 1.54) is 20.1 Å². The normalized spacial score (nSPS) is 12.3. The maximum Gasteiger partial charge on any atom is 0.196 e. The molecular formula is C20H25FN2O3. The Morgan fingerprint density at radius 3 is 2.46 bits per heavy atom. The summed E-state index contributed by atoms with van der Waals surface area (Å²) in [5.74, 6) is -0.409. The van der Waals surface area contributed by atoms with Crippen molar-refractivity contribution in [3.05, 3.63) is 52.1 Å². The summed E-state index contributed by atoms with van der Waals surface area (Å²) in [6, 6.07) is 4.32. The molecule has 0 radical (unpaired) electrons. The van der Waals surface area contributed by atoms with E-state index in [9.17, 15) is 14.0 Å². The van der Waals surface area contributed by atoms with Crippen molar-refractivity contribution in [2.45, 2.75) is 40.3 Å². The lowest BCUT2D eigenvalue weighted by Gasteiger charge is -2.23. The second-order valence-corrected chi connectivity index (χ2v) is 6.61. The van der Waals surface area contributed by atoms with Crippen LogP contribution >= 0.6 is 0 Å². The van der Waals surface area contributed by atoms with Crippen molar-refractivity contribution in [3.8, 4) is 5.75 Å². The molecule has 140 valence electrons. The molecule has 1 aromatic carbocycles. The summed E-state index contributed by atoms with van der Waals surface area (Å²) in [6.45, 7) is 7.26. The van der Waals surface area contributed by atoms with Crippen LogP contribution in [0.5, 0.6) is 5.75 Å². The number of aromatic amines is 1. The predicted octanol–water partition coefficient (Wildman–Crippen LogP) is 3.69. The van der Waals surface area contributed by atoms with Gasteiger partial charge in [0.2, 0.25) is 0 Å². The number of ether oxygens (including phenoxy) is 1. The van der Waals surface area contributed by atoms with Gasteiger partial charge in [0.25, 0.3) is 0 Å². The molecule has 0 spiro atoms. The molecule has 1 aromatic heterocycles. The summed E-state index contributed by atoms with van der Waals surface area (Å²) in [4.78, 5) is 29.5. The Balaban J connectivity index is 2.19. The van der Waals surface area contributed by atoms with Crippen LogP contribution in [0.3, 0.4) is 0 Å². The van der Waals surface area contributed by atoms with Crippen molar-refractivity contribution in [3.63, 3.8) is 0 Å².